The topological polar surface area (TPSA) is 14.0 Å². The molecule has 0 aliphatic carbocycles. The maximum atomic E-state index is 3.16. The Kier molecular flexibility index (Phi) is 1.28. The maximum absolute atomic E-state index is 3.16. The van der Waals surface area contributed by atoms with Crippen molar-refractivity contribution in [3.05, 3.63) is 35.9 Å². The van der Waals surface area contributed by atoms with Crippen LogP contribution in [0.1, 0.15) is 5.56 Å². The molecular weight excluding hydrogens is 122 g/mol. The SMILES string of the molecule is C1=[NH+][C@H]1Cc1ccccc1. The smallest absolute Gasteiger partial charge is 0.230 e. The molecule has 2 rings (SSSR count). The van der Waals surface area contributed by atoms with Gasteiger partial charge < -0.3 is 0 Å². The molecule has 0 fully saturated rings. The molecule has 1 aromatic carbocycles. The van der Waals surface area contributed by atoms with Gasteiger partial charge in [-0.1, -0.05) is 30.3 Å². The van der Waals surface area contributed by atoms with E-state index in [-0.39, 0.29) is 0 Å². The van der Waals surface area contributed by atoms with Gasteiger partial charge in [-0.25, -0.2) is 4.99 Å². The fourth-order valence-electron chi connectivity index (χ4n) is 1.05. The van der Waals surface area contributed by atoms with Gasteiger partial charge in [-0.15, -0.1) is 0 Å². The van der Waals surface area contributed by atoms with Crippen LogP contribution in [0.15, 0.2) is 30.3 Å². The summed E-state index contributed by atoms with van der Waals surface area (Å²) in [5, 5.41) is 0. The summed E-state index contributed by atoms with van der Waals surface area (Å²) in [7, 11) is 0. The van der Waals surface area contributed by atoms with Gasteiger partial charge in [0.25, 0.3) is 0 Å². The van der Waals surface area contributed by atoms with E-state index in [0.29, 0.717) is 6.04 Å². The Labute approximate surface area is 60.4 Å². The van der Waals surface area contributed by atoms with Gasteiger partial charge in [0.2, 0.25) is 12.3 Å². The van der Waals surface area contributed by atoms with Crippen LogP contribution in [0.4, 0.5) is 0 Å². The summed E-state index contributed by atoms with van der Waals surface area (Å²) in [5.74, 6) is 0. The van der Waals surface area contributed by atoms with Crippen molar-refractivity contribution in [1.82, 2.24) is 0 Å². The lowest BCUT2D eigenvalue weighted by atomic mass is 10.1. The van der Waals surface area contributed by atoms with Gasteiger partial charge >= 0.3 is 0 Å². The van der Waals surface area contributed by atoms with Crippen molar-refractivity contribution in [3.63, 3.8) is 0 Å². The second-order valence-electron chi connectivity index (χ2n) is 2.63. The molecule has 1 aliphatic rings. The van der Waals surface area contributed by atoms with E-state index in [2.05, 4.69) is 35.5 Å². The summed E-state index contributed by atoms with van der Waals surface area (Å²) >= 11 is 0. The Morgan fingerprint density at radius 3 is 2.50 bits per heavy atom. The summed E-state index contributed by atoms with van der Waals surface area (Å²) < 4.78 is 0. The maximum Gasteiger partial charge on any atom is 0.230 e. The van der Waals surface area contributed by atoms with Gasteiger partial charge in [0.05, 0.1) is 0 Å². The van der Waals surface area contributed by atoms with Crippen LogP contribution >= 0.6 is 0 Å². The van der Waals surface area contributed by atoms with Crippen LogP contribution in [-0.4, -0.2) is 12.3 Å². The molecule has 0 aromatic heterocycles. The van der Waals surface area contributed by atoms with E-state index >= 15 is 0 Å². The van der Waals surface area contributed by atoms with Crippen LogP contribution < -0.4 is 4.99 Å². The van der Waals surface area contributed by atoms with Crippen molar-refractivity contribution >= 4 is 6.21 Å². The third kappa shape index (κ3) is 1.24. The van der Waals surface area contributed by atoms with E-state index in [1.807, 2.05) is 6.07 Å². The lowest BCUT2D eigenvalue weighted by Gasteiger charge is -1.91. The molecule has 0 spiro atoms. The van der Waals surface area contributed by atoms with Crippen LogP contribution in [0.2, 0.25) is 0 Å². The van der Waals surface area contributed by atoms with Gasteiger partial charge in [0.15, 0.2) is 0 Å². The molecule has 1 nitrogen and oxygen atoms in total. The van der Waals surface area contributed by atoms with Gasteiger partial charge in [-0.2, -0.15) is 0 Å². The van der Waals surface area contributed by atoms with Crippen molar-refractivity contribution < 1.29 is 4.99 Å². The highest BCUT2D eigenvalue weighted by Crippen LogP contribution is 2.00. The highest BCUT2D eigenvalue weighted by Gasteiger charge is 2.22. The predicted octanol–water partition coefficient (Wildman–Crippen LogP) is -0.237. The first-order valence-electron chi connectivity index (χ1n) is 3.58. The van der Waals surface area contributed by atoms with Crippen LogP contribution in [0, 0.1) is 0 Å². The lowest BCUT2D eigenvalue weighted by molar-refractivity contribution is -0.389. The van der Waals surface area contributed by atoms with E-state index < -0.39 is 0 Å². The molecule has 0 unspecified atom stereocenters. The average molecular weight is 132 g/mol. The zero-order valence-corrected chi connectivity index (χ0v) is 5.75. The Hall–Kier alpha value is -1.11. The van der Waals surface area contributed by atoms with Crippen LogP contribution in [-0.2, 0) is 6.42 Å². The van der Waals surface area contributed by atoms with Crippen LogP contribution in [0.25, 0.3) is 0 Å². The molecule has 0 amide bonds. The standard InChI is InChI=1S/C9H9N/c1-2-4-8(5-3-1)6-9-7-10-9/h1-5,7,9H,6H2/p+1/t9-/m0/s1. The van der Waals surface area contributed by atoms with Crippen molar-refractivity contribution in [3.8, 4) is 0 Å². The Balaban J connectivity index is 2.04. The monoisotopic (exact) mass is 132 g/mol. The van der Waals surface area contributed by atoms with Gasteiger partial charge in [0, 0.05) is 6.42 Å². The second kappa shape index (κ2) is 2.25. The zero-order valence-electron chi connectivity index (χ0n) is 5.75. The molecule has 1 heterocycles. The van der Waals surface area contributed by atoms with E-state index in [1.165, 1.54) is 5.56 Å². The van der Waals surface area contributed by atoms with Crippen LogP contribution in [0.3, 0.4) is 0 Å². The lowest BCUT2D eigenvalue weighted by Crippen LogP contribution is -2.52. The molecule has 0 bridgehead atoms. The quantitative estimate of drug-likeness (QED) is 0.571. The summed E-state index contributed by atoms with van der Waals surface area (Å²) in [4.78, 5) is 3.16. The molecule has 0 saturated heterocycles. The third-order valence-corrected chi connectivity index (χ3v) is 1.70. The summed E-state index contributed by atoms with van der Waals surface area (Å²) in [6.07, 6.45) is 3.26. The van der Waals surface area contributed by atoms with E-state index in [1.54, 1.807) is 0 Å². The highest BCUT2D eigenvalue weighted by atomic mass is 14.9. The summed E-state index contributed by atoms with van der Waals surface area (Å²) in [6.45, 7) is 0. The molecule has 1 aliphatic heterocycles. The fraction of sp³-hybridized carbons (Fsp3) is 0.222. The van der Waals surface area contributed by atoms with Crippen LogP contribution in [0.5, 0.6) is 0 Å². The average Bonchev–Trinajstić information content (AvgIpc) is 2.74. The number of nitrogens with one attached hydrogen (secondary N) is 1. The van der Waals surface area contributed by atoms with Crippen molar-refractivity contribution in [1.29, 1.82) is 0 Å². The zero-order chi connectivity index (χ0) is 6.81. The minimum atomic E-state index is 0.641. The molecule has 0 saturated carbocycles. The first-order chi connectivity index (χ1) is 4.95. The molecule has 1 atom stereocenters. The highest BCUT2D eigenvalue weighted by molar-refractivity contribution is 5.64. The molecule has 1 aromatic rings. The molecular formula is C9H10N+. The van der Waals surface area contributed by atoms with Gasteiger partial charge in [0.1, 0.15) is 0 Å². The summed E-state index contributed by atoms with van der Waals surface area (Å²) in [5.41, 5.74) is 1.41. The Morgan fingerprint density at radius 2 is 1.90 bits per heavy atom. The third-order valence-electron chi connectivity index (χ3n) is 1.70. The molecule has 1 heteroatoms. The van der Waals surface area contributed by atoms with Crippen molar-refractivity contribution in [2.45, 2.75) is 12.5 Å². The minimum Gasteiger partial charge on any atom is -0.234 e. The normalized spacial score (nSPS) is 21.0. The van der Waals surface area contributed by atoms with Gasteiger partial charge in [-0.05, 0) is 5.56 Å². The molecule has 10 heavy (non-hydrogen) atoms. The minimum absolute atomic E-state index is 0.641. The van der Waals surface area contributed by atoms with E-state index in [9.17, 15) is 0 Å². The van der Waals surface area contributed by atoms with Crippen molar-refractivity contribution in [2.75, 3.05) is 0 Å². The number of rotatable bonds is 2. The Morgan fingerprint density at radius 1 is 1.20 bits per heavy atom. The van der Waals surface area contributed by atoms with E-state index in [4.69, 9.17) is 0 Å². The second-order valence-corrected chi connectivity index (χ2v) is 2.63. The number of benzene rings is 1. The largest absolute Gasteiger partial charge is 0.234 e. The summed E-state index contributed by atoms with van der Waals surface area (Å²) in [6, 6.07) is 11.2. The first kappa shape index (κ1) is 5.66. The first-order valence-corrected chi connectivity index (χ1v) is 3.58. The fourth-order valence-corrected chi connectivity index (χ4v) is 1.05. The van der Waals surface area contributed by atoms with Gasteiger partial charge in [-0.3, -0.25) is 0 Å². The van der Waals surface area contributed by atoms with Crippen molar-refractivity contribution in [2.24, 2.45) is 0 Å². The van der Waals surface area contributed by atoms with E-state index in [0.717, 1.165) is 6.42 Å². The predicted molar refractivity (Wildman–Crippen MR) is 41.0 cm³/mol. The number of hydrogen-bond acceptors (Lipinski definition) is 0. The molecule has 50 valence electrons. The number of hydrogen-bond donors (Lipinski definition) is 1. The molecule has 0 radical (unpaired) electrons. The Bertz CT molecular complexity index is 232. The molecule has 1 N–H and O–H groups in total.